The average molecular weight is 296 g/mol. The fraction of sp³-hybridized carbons (Fsp3) is 0.733. The first kappa shape index (κ1) is 17.7. The molecule has 120 valence electrons. The molecule has 0 aliphatic rings. The number of ether oxygens (including phenoxy) is 2. The van der Waals surface area contributed by atoms with Crippen LogP contribution in [0.5, 0.6) is 0 Å². The Balaban J connectivity index is 3.16. The van der Waals surface area contributed by atoms with Gasteiger partial charge in [0.05, 0.1) is 13.2 Å². The molecule has 0 amide bonds. The average Bonchev–Trinajstić information content (AvgIpc) is 2.48. The lowest BCUT2D eigenvalue weighted by atomic mass is 10.2. The molecule has 1 heterocycles. The van der Waals surface area contributed by atoms with Gasteiger partial charge in [0, 0.05) is 45.8 Å². The third-order valence-electron chi connectivity index (χ3n) is 3.32. The summed E-state index contributed by atoms with van der Waals surface area (Å²) in [5, 5.41) is 3.16. The van der Waals surface area contributed by atoms with Gasteiger partial charge in [0.15, 0.2) is 0 Å². The molecule has 6 nitrogen and oxygen atoms in total. The molecular weight excluding hydrogens is 268 g/mol. The molecule has 0 saturated carbocycles. The van der Waals surface area contributed by atoms with Crippen molar-refractivity contribution >= 4 is 11.6 Å². The molecule has 21 heavy (non-hydrogen) atoms. The van der Waals surface area contributed by atoms with Gasteiger partial charge in [0.2, 0.25) is 0 Å². The summed E-state index contributed by atoms with van der Waals surface area (Å²) < 4.78 is 10.4. The van der Waals surface area contributed by atoms with Crippen LogP contribution in [-0.2, 0) is 9.47 Å². The van der Waals surface area contributed by atoms with E-state index in [2.05, 4.69) is 29.0 Å². The van der Waals surface area contributed by atoms with Crippen LogP contribution >= 0.6 is 0 Å². The molecule has 0 fully saturated rings. The highest BCUT2D eigenvalue weighted by molar-refractivity contribution is 5.58. The minimum absolute atomic E-state index is 0.281. The van der Waals surface area contributed by atoms with Gasteiger partial charge >= 0.3 is 0 Å². The molecule has 1 N–H and O–H groups in total. The van der Waals surface area contributed by atoms with Crippen LogP contribution in [-0.4, -0.2) is 57.5 Å². The Bertz CT molecular complexity index is 430. The van der Waals surface area contributed by atoms with Crippen molar-refractivity contribution in [1.29, 1.82) is 0 Å². The Hall–Kier alpha value is -1.40. The molecule has 0 saturated heterocycles. The molecule has 1 aromatic heterocycles. The predicted molar refractivity (Wildman–Crippen MR) is 86.4 cm³/mol. The second-order valence-corrected chi connectivity index (χ2v) is 5.26. The lowest BCUT2D eigenvalue weighted by Crippen LogP contribution is -2.32. The molecule has 0 bridgehead atoms. The fourth-order valence-electron chi connectivity index (χ4n) is 2.06. The lowest BCUT2D eigenvalue weighted by Gasteiger charge is -2.26. The van der Waals surface area contributed by atoms with E-state index < -0.39 is 0 Å². The van der Waals surface area contributed by atoms with Crippen LogP contribution in [0.4, 0.5) is 11.6 Å². The van der Waals surface area contributed by atoms with Crippen LogP contribution in [0.2, 0.25) is 0 Å². The second kappa shape index (κ2) is 8.79. The molecule has 0 unspecified atom stereocenters. The van der Waals surface area contributed by atoms with Gasteiger partial charge in [-0.3, -0.25) is 0 Å². The van der Waals surface area contributed by atoms with E-state index in [0.29, 0.717) is 13.2 Å². The Morgan fingerprint density at radius 3 is 2.10 bits per heavy atom. The Morgan fingerprint density at radius 1 is 1.10 bits per heavy atom. The monoisotopic (exact) mass is 296 g/mol. The molecule has 0 aliphatic heterocycles. The van der Waals surface area contributed by atoms with Crippen LogP contribution < -0.4 is 10.2 Å². The second-order valence-electron chi connectivity index (χ2n) is 5.26. The van der Waals surface area contributed by atoms with Gasteiger partial charge < -0.3 is 19.7 Å². The Kier molecular flexibility index (Phi) is 7.39. The maximum atomic E-state index is 5.21. The van der Waals surface area contributed by atoms with Gasteiger partial charge in [-0.2, -0.15) is 0 Å². The van der Waals surface area contributed by atoms with E-state index in [-0.39, 0.29) is 5.92 Å². The zero-order chi connectivity index (χ0) is 15.8. The first-order chi connectivity index (χ1) is 10.0. The fourth-order valence-corrected chi connectivity index (χ4v) is 2.06. The molecule has 1 rings (SSSR count). The van der Waals surface area contributed by atoms with Gasteiger partial charge in [-0.05, 0) is 6.92 Å². The van der Waals surface area contributed by atoms with Crippen LogP contribution in [0.1, 0.15) is 31.2 Å². The summed E-state index contributed by atoms with van der Waals surface area (Å²) in [6.45, 7) is 9.10. The first-order valence-electron chi connectivity index (χ1n) is 7.34. The number of nitrogens with one attached hydrogen (secondary N) is 1. The minimum atomic E-state index is 0.281. The van der Waals surface area contributed by atoms with Gasteiger partial charge in [-0.25, -0.2) is 9.97 Å². The number of methoxy groups -OCH3 is 2. The molecule has 0 spiro atoms. The van der Waals surface area contributed by atoms with Crippen molar-refractivity contribution in [2.75, 3.05) is 57.8 Å². The number of anilines is 2. The van der Waals surface area contributed by atoms with Crippen LogP contribution in [0.25, 0.3) is 0 Å². The van der Waals surface area contributed by atoms with Crippen molar-refractivity contribution in [3.8, 4) is 0 Å². The number of nitrogens with zero attached hydrogens (tertiary/aromatic N) is 3. The van der Waals surface area contributed by atoms with Gasteiger partial charge in [0.25, 0.3) is 0 Å². The molecule has 0 radical (unpaired) electrons. The molecule has 1 aromatic rings. The maximum Gasteiger partial charge on any atom is 0.137 e. The highest BCUT2D eigenvalue weighted by atomic mass is 16.5. The SMILES string of the molecule is CNc1nc(C(C)C)nc(N(CCOC)CCOC)c1C. The van der Waals surface area contributed by atoms with Gasteiger partial charge in [-0.1, -0.05) is 13.8 Å². The molecule has 0 aromatic carbocycles. The summed E-state index contributed by atoms with van der Waals surface area (Å²) in [5.41, 5.74) is 1.05. The van der Waals surface area contributed by atoms with E-state index in [1.165, 1.54) is 0 Å². The molecule has 0 aliphatic carbocycles. The molecular formula is C15H28N4O2. The zero-order valence-electron chi connectivity index (χ0n) is 14.1. The summed E-state index contributed by atoms with van der Waals surface area (Å²) in [4.78, 5) is 11.5. The van der Waals surface area contributed by atoms with E-state index in [4.69, 9.17) is 14.5 Å². The number of hydrogen-bond donors (Lipinski definition) is 1. The third-order valence-corrected chi connectivity index (χ3v) is 3.32. The van der Waals surface area contributed by atoms with Crippen molar-refractivity contribution in [3.05, 3.63) is 11.4 Å². The van der Waals surface area contributed by atoms with E-state index in [0.717, 1.165) is 36.1 Å². The van der Waals surface area contributed by atoms with Crippen LogP contribution in [0.3, 0.4) is 0 Å². The standard InChI is InChI=1S/C15H28N4O2/c1-11(2)13-17-14(16-4)12(3)15(18-13)19(7-9-20-5)8-10-21-6/h11H,7-10H2,1-6H3,(H,16,17,18). The number of hydrogen-bond acceptors (Lipinski definition) is 6. The lowest BCUT2D eigenvalue weighted by molar-refractivity contribution is 0.190. The predicted octanol–water partition coefficient (Wildman–Crippen LogP) is 2.05. The zero-order valence-corrected chi connectivity index (χ0v) is 14.1. The minimum Gasteiger partial charge on any atom is -0.383 e. The van der Waals surface area contributed by atoms with E-state index in [9.17, 15) is 0 Å². The van der Waals surface area contributed by atoms with Gasteiger partial charge in [-0.15, -0.1) is 0 Å². The van der Waals surface area contributed by atoms with E-state index >= 15 is 0 Å². The number of rotatable bonds is 9. The summed E-state index contributed by atoms with van der Waals surface area (Å²) in [6.07, 6.45) is 0. The maximum absolute atomic E-state index is 5.21. The quantitative estimate of drug-likeness (QED) is 0.752. The highest BCUT2D eigenvalue weighted by Gasteiger charge is 2.17. The van der Waals surface area contributed by atoms with Gasteiger partial charge in [0.1, 0.15) is 17.5 Å². The van der Waals surface area contributed by atoms with Crippen molar-refractivity contribution in [1.82, 2.24) is 9.97 Å². The van der Waals surface area contributed by atoms with Crippen molar-refractivity contribution in [2.45, 2.75) is 26.7 Å². The first-order valence-corrected chi connectivity index (χ1v) is 7.34. The summed E-state index contributed by atoms with van der Waals surface area (Å²) in [7, 11) is 5.30. The summed E-state index contributed by atoms with van der Waals surface area (Å²) in [5.74, 6) is 2.96. The Morgan fingerprint density at radius 2 is 1.67 bits per heavy atom. The largest absolute Gasteiger partial charge is 0.383 e. The van der Waals surface area contributed by atoms with Crippen LogP contribution in [0.15, 0.2) is 0 Å². The Labute approximate surface area is 127 Å². The van der Waals surface area contributed by atoms with Crippen LogP contribution in [0, 0.1) is 6.92 Å². The van der Waals surface area contributed by atoms with E-state index in [1.807, 2.05) is 14.0 Å². The summed E-state index contributed by atoms with van der Waals surface area (Å²) >= 11 is 0. The summed E-state index contributed by atoms with van der Waals surface area (Å²) in [6, 6.07) is 0. The third kappa shape index (κ3) is 4.82. The highest BCUT2D eigenvalue weighted by Crippen LogP contribution is 2.25. The smallest absolute Gasteiger partial charge is 0.137 e. The topological polar surface area (TPSA) is 59.5 Å². The number of aromatic nitrogens is 2. The normalized spacial score (nSPS) is 11.0. The van der Waals surface area contributed by atoms with Crippen molar-refractivity contribution in [3.63, 3.8) is 0 Å². The molecule has 6 heteroatoms. The van der Waals surface area contributed by atoms with Crippen molar-refractivity contribution in [2.24, 2.45) is 0 Å². The molecule has 0 atom stereocenters. The van der Waals surface area contributed by atoms with Crippen molar-refractivity contribution < 1.29 is 9.47 Å². The van der Waals surface area contributed by atoms with E-state index in [1.54, 1.807) is 14.2 Å².